The molecular weight excluding hydrogens is 416 g/mol. The van der Waals surface area contributed by atoms with Gasteiger partial charge in [-0.05, 0) is 30.7 Å². The molecule has 1 aliphatic rings. The molecule has 7 nitrogen and oxygen atoms in total. The summed E-state index contributed by atoms with van der Waals surface area (Å²) in [6, 6.07) is 16.8. The Kier molecular flexibility index (Phi) is 6.23. The van der Waals surface area contributed by atoms with Gasteiger partial charge in [0.1, 0.15) is 10.8 Å². The molecule has 4 rings (SSSR count). The number of anilines is 1. The van der Waals surface area contributed by atoms with Crippen LogP contribution < -0.4 is 15.2 Å². The number of benzene rings is 2. The predicted molar refractivity (Wildman–Crippen MR) is 120 cm³/mol. The van der Waals surface area contributed by atoms with Gasteiger partial charge in [0, 0.05) is 26.2 Å². The second-order valence-electron chi connectivity index (χ2n) is 7.32. The highest BCUT2D eigenvalue weighted by Crippen LogP contribution is 2.23. The van der Waals surface area contributed by atoms with E-state index in [9.17, 15) is 9.59 Å². The lowest BCUT2D eigenvalue weighted by Crippen LogP contribution is -2.50. The van der Waals surface area contributed by atoms with Crippen molar-refractivity contribution < 1.29 is 9.53 Å². The Labute approximate surface area is 185 Å². The highest BCUT2D eigenvalue weighted by atomic mass is 35.5. The average molecular weight is 439 g/mol. The zero-order chi connectivity index (χ0) is 21.8. The van der Waals surface area contributed by atoms with Crippen molar-refractivity contribution in [1.82, 2.24) is 14.7 Å². The molecule has 2 heterocycles. The van der Waals surface area contributed by atoms with Crippen molar-refractivity contribution in [3.8, 4) is 11.4 Å². The Bertz CT molecular complexity index is 1130. The lowest BCUT2D eigenvalue weighted by molar-refractivity contribution is -0.133. The summed E-state index contributed by atoms with van der Waals surface area (Å²) < 4.78 is 6.96. The van der Waals surface area contributed by atoms with Gasteiger partial charge < -0.3 is 14.5 Å². The van der Waals surface area contributed by atoms with Crippen LogP contribution in [0.1, 0.15) is 5.56 Å². The molecule has 0 saturated carbocycles. The minimum Gasteiger partial charge on any atom is -0.484 e. The topological polar surface area (TPSA) is 67.7 Å². The maximum absolute atomic E-state index is 12.7. The summed E-state index contributed by atoms with van der Waals surface area (Å²) >= 11 is 6.40. The number of hydrogen-bond donors (Lipinski definition) is 0. The minimum atomic E-state index is -0.365. The van der Waals surface area contributed by atoms with Crippen LogP contribution in [0.3, 0.4) is 0 Å². The van der Waals surface area contributed by atoms with Gasteiger partial charge in [-0.25, -0.2) is 0 Å². The van der Waals surface area contributed by atoms with E-state index in [-0.39, 0.29) is 23.1 Å². The number of nitrogens with zero attached hydrogens (tertiary/aromatic N) is 4. The van der Waals surface area contributed by atoms with E-state index in [1.165, 1.54) is 4.68 Å². The summed E-state index contributed by atoms with van der Waals surface area (Å²) in [5.41, 5.74) is 1.87. The second-order valence-corrected chi connectivity index (χ2v) is 7.70. The normalized spacial score (nSPS) is 13.9. The predicted octanol–water partition coefficient (Wildman–Crippen LogP) is 2.92. The lowest BCUT2D eigenvalue weighted by atomic mass is 10.2. The molecule has 1 fully saturated rings. The van der Waals surface area contributed by atoms with E-state index in [0.717, 1.165) is 5.56 Å². The summed E-state index contributed by atoms with van der Waals surface area (Å²) in [6.45, 7) is 4.11. The number of aromatic nitrogens is 2. The van der Waals surface area contributed by atoms with Crippen molar-refractivity contribution in [3.05, 3.63) is 81.7 Å². The summed E-state index contributed by atoms with van der Waals surface area (Å²) in [7, 11) is 0. The van der Waals surface area contributed by atoms with Crippen LogP contribution in [0.4, 0.5) is 5.69 Å². The number of amides is 1. The summed E-state index contributed by atoms with van der Waals surface area (Å²) in [5.74, 6) is 0.651. The first kappa shape index (κ1) is 20.9. The van der Waals surface area contributed by atoms with Crippen molar-refractivity contribution in [2.45, 2.75) is 6.92 Å². The van der Waals surface area contributed by atoms with Gasteiger partial charge in [-0.3, -0.25) is 9.59 Å². The third-order valence-electron chi connectivity index (χ3n) is 5.32. The smallest absolute Gasteiger partial charge is 0.292 e. The first-order valence-corrected chi connectivity index (χ1v) is 10.5. The molecule has 160 valence electrons. The van der Waals surface area contributed by atoms with E-state index >= 15 is 0 Å². The Morgan fingerprint density at radius 2 is 1.71 bits per heavy atom. The van der Waals surface area contributed by atoms with E-state index in [1.54, 1.807) is 23.2 Å². The number of para-hydroxylation sites is 2. The first-order valence-electron chi connectivity index (χ1n) is 10.1. The fourth-order valence-electron chi connectivity index (χ4n) is 3.54. The van der Waals surface area contributed by atoms with Crippen molar-refractivity contribution in [3.63, 3.8) is 0 Å². The maximum atomic E-state index is 12.7. The molecule has 8 heteroatoms. The number of ether oxygens (including phenoxy) is 1. The second kappa shape index (κ2) is 9.22. The molecule has 0 aliphatic carbocycles. The molecule has 1 amide bonds. The van der Waals surface area contributed by atoms with Crippen molar-refractivity contribution in [2.24, 2.45) is 0 Å². The molecule has 0 atom stereocenters. The molecule has 2 aromatic carbocycles. The molecular formula is C23H23ClN4O3. The molecule has 0 bridgehead atoms. The van der Waals surface area contributed by atoms with Gasteiger partial charge in [-0.1, -0.05) is 48.0 Å². The first-order chi connectivity index (χ1) is 15.0. The molecule has 1 aromatic heterocycles. The van der Waals surface area contributed by atoms with Crippen molar-refractivity contribution >= 4 is 23.2 Å². The van der Waals surface area contributed by atoms with Crippen LogP contribution in [0.2, 0.25) is 5.02 Å². The maximum Gasteiger partial charge on any atom is 0.292 e. The SMILES string of the molecule is Cc1ccccc1OCC(=O)N1CCN(c2cnn(-c3ccccc3)c(=O)c2Cl)CC1. The van der Waals surface area contributed by atoms with Gasteiger partial charge in [0.2, 0.25) is 0 Å². The Morgan fingerprint density at radius 3 is 2.42 bits per heavy atom. The van der Waals surface area contributed by atoms with Gasteiger partial charge >= 0.3 is 0 Å². The monoisotopic (exact) mass is 438 g/mol. The van der Waals surface area contributed by atoms with Crippen LogP contribution in [0.15, 0.2) is 65.6 Å². The molecule has 3 aromatic rings. The zero-order valence-electron chi connectivity index (χ0n) is 17.2. The number of rotatable bonds is 5. The van der Waals surface area contributed by atoms with E-state index in [4.69, 9.17) is 16.3 Å². The molecule has 0 unspecified atom stereocenters. The summed E-state index contributed by atoms with van der Waals surface area (Å²) in [5, 5.41) is 4.41. The van der Waals surface area contributed by atoms with Gasteiger partial charge in [0.25, 0.3) is 11.5 Å². The van der Waals surface area contributed by atoms with Gasteiger partial charge in [-0.2, -0.15) is 9.78 Å². The van der Waals surface area contributed by atoms with Gasteiger partial charge in [0.05, 0.1) is 17.6 Å². The van der Waals surface area contributed by atoms with Crippen molar-refractivity contribution in [2.75, 3.05) is 37.7 Å². The van der Waals surface area contributed by atoms with Crippen LogP contribution in [0, 0.1) is 6.92 Å². The fraction of sp³-hybridized carbons (Fsp3) is 0.261. The lowest BCUT2D eigenvalue weighted by Gasteiger charge is -2.36. The standard InChI is InChI=1S/C23H23ClN4O3/c1-17-7-5-6-10-20(17)31-16-21(29)27-13-11-26(12-14-27)19-15-25-28(23(30)22(19)24)18-8-3-2-4-9-18/h2-10,15H,11-14,16H2,1H3. The van der Waals surface area contributed by atoms with Crippen LogP contribution in [0.25, 0.3) is 5.69 Å². The summed E-state index contributed by atoms with van der Waals surface area (Å²) in [6.07, 6.45) is 1.61. The summed E-state index contributed by atoms with van der Waals surface area (Å²) in [4.78, 5) is 29.0. The van der Waals surface area contributed by atoms with Crippen LogP contribution in [-0.2, 0) is 4.79 Å². The Morgan fingerprint density at radius 1 is 1.03 bits per heavy atom. The minimum absolute atomic E-state index is 0.000284. The fourth-order valence-corrected chi connectivity index (χ4v) is 3.79. The third-order valence-corrected chi connectivity index (χ3v) is 5.67. The molecule has 31 heavy (non-hydrogen) atoms. The highest BCUT2D eigenvalue weighted by Gasteiger charge is 2.24. The third kappa shape index (κ3) is 4.56. The van der Waals surface area contributed by atoms with Crippen molar-refractivity contribution in [1.29, 1.82) is 0 Å². The molecule has 0 radical (unpaired) electrons. The number of hydrogen-bond acceptors (Lipinski definition) is 5. The van der Waals surface area contributed by atoms with Crippen LogP contribution in [0.5, 0.6) is 5.75 Å². The molecule has 0 N–H and O–H groups in total. The molecule has 1 aliphatic heterocycles. The zero-order valence-corrected chi connectivity index (χ0v) is 18.0. The van der Waals surface area contributed by atoms with Gasteiger partial charge in [0.15, 0.2) is 6.61 Å². The Balaban J connectivity index is 1.38. The highest BCUT2D eigenvalue weighted by molar-refractivity contribution is 6.33. The Hall–Kier alpha value is -3.32. The molecule has 1 saturated heterocycles. The van der Waals surface area contributed by atoms with E-state index in [2.05, 4.69) is 5.10 Å². The number of aryl methyl sites for hydroxylation is 1. The van der Waals surface area contributed by atoms with Crippen LogP contribution in [-0.4, -0.2) is 53.4 Å². The number of carbonyl (C=O) groups is 1. The quantitative estimate of drug-likeness (QED) is 0.612. The number of halogens is 1. The van der Waals surface area contributed by atoms with Crippen LogP contribution >= 0.6 is 11.6 Å². The largest absolute Gasteiger partial charge is 0.484 e. The van der Waals surface area contributed by atoms with E-state index < -0.39 is 0 Å². The van der Waals surface area contributed by atoms with E-state index in [0.29, 0.717) is 43.3 Å². The average Bonchev–Trinajstić information content (AvgIpc) is 2.81. The van der Waals surface area contributed by atoms with Gasteiger partial charge in [-0.15, -0.1) is 0 Å². The van der Waals surface area contributed by atoms with E-state index in [1.807, 2.05) is 54.3 Å². The number of piperazine rings is 1. The molecule has 0 spiro atoms. The number of carbonyl (C=O) groups excluding carboxylic acids is 1.